The van der Waals surface area contributed by atoms with E-state index in [0.29, 0.717) is 0 Å². The van der Waals surface area contributed by atoms with Crippen molar-refractivity contribution in [2.45, 2.75) is 6.92 Å². The molecular weight excluding hydrogens is 229 g/mol. The van der Waals surface area contributed by atoms with E-state index in [-0.39, 0.29) is 61.3 Å². The number of carbonyl (C=O) groups is 1. The van der Waals surface area contributed by atoms with Gasteiger partial charge in [-0.1, -0.05) is 0 Å². The Morgan fingerprint density at radius 1 is 1.67 bits per heavy atom. The zero-order valence-electron chi connectivity index (χ0n) is 3.40. The van der Waals surface area contributed by atoms with Gasteiger partial charge in [-0.2, -0.15) is 0 Å². The monoisotopic (exact) mass is 232 g/mol. The van der Waals surface area contributed by atoms with Gasteiger partial charge in [0.25, 0.3) is 0 Å². The van der Waals surface area contributed by atoms with Crippen LogP contribution in [0.25, 0.3) is 0 Å². The van der Waals surface area contributed by atoms with E-state index in [9.17, 15) is 0 Å². The summed E-state index contributed by atoms with van der Waals surface area (Å²) in [5.74, 6) is -1.08. The molecule has 0 rings (SSSR count). The van der Waals surface area contributed by atoms with Gasteiger partial charge in [-0.15, -0.1) is 0 Å². The molecule has 0 unspecified atom stereocenters. The molecule has 2 nitrogen and oxygen atoms in total. The van der Waals surface area contributed by atoms with E-state index < -0.39 is 5.97 Å². The third kappa shape index (κ3) is 56.4. The van der Waals surface area contributed by atoms with Crippen molar-refractivity contribution in [3.05, 3.63) is 0 Å². The first kappa shape index (κ1) is 15.7. The Labute approximate surface area is 82.8 Å². The van der Waals surface area contributed by atoms with Crippen molar-refractivity contribution in [1.29, 1.82) is 0 Å². The van der Waals surface area contributed by atoms with E-state index >= 15 is 0 Å². The fraction of sp³-hybridized carbons (Fsp3) is 0.500. The summed E-state index contributed by atoms with van der Waals surface area (Å²) in [6, 6.07) is 0. The van der Waals surface area contributed by atoms with Gasteiger partial charge in [0.15, 0.2) is 0 Å². The number of carboxylic acids is 1. The molecule has 32 valence electrons. The Balaban J connectivity index is -0.0000000450. The maximum atomic E-state index is 8.89. The molecule has 0 saturated heterocycles. The Morgan fingerprint density at radius 2 is 1.67 bits per heavy atom. The Bertz CT molecular complexity index is 34.5. The molecule has 6 heavy (non-hydrogen) atoms. The quantitative estimate of drug-likeness (QED) is 0.394. The molecule has 0 heterocycles. The molecule has 0 N–H and O–H groups in total. The number of halogens is 1. The molecule has 0 spiro atoms. The van der Waals surface area contributed by atoms with Crippen molar-refractivity contribution in [1.82, 2.24) is 0 Å². The summed E-state index contributed by atoms with van der Waals surface area (Å²) >= 11 is 0. The van der Waals surface area contributed by atoms with Crippen LogP contribution in [0.2, 0.25) is 0 Å². The first-order valence-corrected chi connectivity index (χ1v) is 0.908. The van der Waals surface area contributed by atoms with Crippen molar-refractivity contribution in [2.75, 3.05) is 0 Å². The van der Waals surface area contributed by atoms with E-state index in [4.69, 9.17) is 9.90 Å². The average Bonchev–Trinajstić information content (AvgIpc) is 0.811. The molecule has 0 aromatic rings. The van der Waals surface area contributed by atoms with Crippen LogP contribution in [0.15, 0.2) is 0 Å². The molecule has 0 amide bonds. The SMILES string of the molecule is CC(=O)[O-].[Ba+2].[Cl-]. The van der Waals surface area contributed by atoms with Gasteiger partial charge in [-0.25, -0.2) is 0 Å². The van der Waals surface area contributed by atoms with Crippen LogP contribution in [-0.4, -0.2) is 54.9 Å². The predicted octanol–water partition coefficient (Wildman–Crippen LogP) is -4.62. The molecule has 0 fully saturated rings. The molecule has 0 aliphatic heterocycles. The molecule has 0 aliphatic carbocycles. The summed E-state index contributed by atoms with van der Waals surface area (Å²) in [5.41, 5.74) is 0. The van der Waals surface area contributed by atoms with E-state index in [0.717, 1.165) is 6.92 Å². The zero-order chi connectivity index (χ0) is 3.58. The molecule has 0 bridgehead atoms. The van der Waals surface area contributed by atoms with E-state index in [2.05, 4.69) is 0 Å². The standard InChI is InChI=1S/C2H4O2.Ba.ClH/c1-2(3)4;;/h1H3,(H,3,4);;1H/q;+2;/p-2. The fourth-order valence-electron chi connectivity index (χ4n) is 0. The molecule has 0 saturated carbocycles. The van der Waals surface area contributed by atoms with Crippen molar-refractivity contribution in [3.8, 4) is 0 Å². The molecule has 0 atom stereocenters. The third-order valence-corrected chi connectivity index (χ3v) is 0. The van der Waals surface area contributed by atoms with Gasteiger partial charge in [-0.3, -0.25) is 0 Å². The second-order valence-electron chi connectivity index (χ2n) is 0.492. The summed E-state index contributed by atoms with van der Waals surface area (Å²) in [4.78, 5) is 8.89. The summed E-state index contributed by atoms with van der Waals surface area (Å²) < 4.78 is 0. The van der Waals surface area contributed by atoms with Gasteiger partial charge < -0.3 is 22.3 Å². The number of hydrogen-bond acceptors (Lipinski definition) is 2. The molecule has 4 heteroatoms. The second kappa shape index (κ2) is 9.59. The minimum Gasteiger partial charge on any atom is -1.00 e. The van der Waals surface area contributed by atoms with Crippen molar-refractivity contribution in [2.24, 2.45) is 0 Å². The maximum Gasteiger partial charge on any atom is 2.00 e. The predicted molar refractivity (Wildman–Crippen MR) is 16.4 cm³/mol. The number of hydrogen-bond donors (Lipinski definition) is 0. The maximum absolute atomic E-state index is 8.89. The zero-order valence-corrected chi connectivity index (χ0v) is 8.60. The smallest absolute Gasteiger partial charge is 1.00 e. The minimum atomic E-state index is -1.08. The van der Waals surface area contributed by atoms with Crippen LogP contribution < -0.4 is 17.5 Å². The van der Waals surface area contributed by atoms with Gasteiger partial charge in [0, 0.05) is 5.97 Å². The number of aliphatic carboxylic acids is 1. The van der Waals surface area contributed by atoms with Crippen molar-refractivity contribution >= 4 is 54.9 Å². The van der Waals surface area contributed by atoms with Crippen LogP contribution in [0, 0.1) is 0 Å². The van der Waals surface area contributed by atoms with Gasteiger partial charge in [0.1, 0.15) is 0 Å². The average molecular weight is 232 g/mol. The van der Waals surface area contributed by atoms with Crippen molar-refractivity contribution in [3.63, 3.8) is 0 Å². The Morgan fingerprint density at radius 3 is 1.67 bits per heavy atom. The summed E-state index contributed by atoms with van der Waals surface area (Å²) in [5, 5.41) is 8.89. The van der Waals surface area contributed by atoms with Gasteiger partial charge in [-0.05, 0) is 6.92 Å². The van der Waals surface area contributed by atoms with Gasteiger partial charge in [0.2, 0.25) is 0 Å². The largest absolute Gasteiger partial charge is 2.00 e. The summed E-state index contributed by atoms with van der Waals surface area (Å²) in [6.45, 7) is 0.972. The van der Waals surface area contributed by atoms with E-state index in [1.165, 1.54) is 0 Å². The molecule has 0 aromatic heterocycles. The first-order chi connectivity index (χ1) is 1.73. The van der Waals surface area contributed by atoms with Gasteiger partial charge in [0.05, 0.1) is 0 Å². The molecule has 0 aliphatic rings. The van der Waals surface area contributed by atoms with E-state index in [1.807, 2.05) is 0 Å². The van der Waals surface area contributed by atoms with Crippen LogP contribution in [0.4, 0.5) is 0 Å². The van der Waals surface area contributed by atoms with Gasteiger partial charge >= 0.3 is 48.9 Å². The van der Waals surface area contributed by atoms with Crippen LogP contribution in [0.5, 0.6) is 0 Å². The normalized spacial score (nSPS) is 4.17. The molecule has 0 radical (unpaired) electrons. The summed E-state index contributed by atoms with van der Waals surface area (Å²) in [7, 11) is 0. The van der Waals surface area contributed by atoms with Crippen molar-refractivity contribution < 1.29 is 22.3 Å². The van der Waals surface area contributed by atoms with Crippen LogP contribution in [0.1, 0.15) is 6.92 Å². The topological polar surface area (TPSA) is 40.1 Å². The number of rotatable bonds is 0. The number of carboxylic acid groups (broad SMARTS) is 1. The Kier molecular flexibility index (Phi) is 25.0. The van der Waals surface area contributed by atoms with Crippen LogP contribution in [-0.2, 0) is 4.79 Å². The van der Waals surface area contributed by atoms with Crippen LogP contribution >= 0.6 is 0 Å². The first-order valence-electron chi connectivity index (χ1n) is 0.908. The van der Waals surface area contributed by atoms with Crippen LogP contribution in [0.3, 0.4) is 0 Å². The second-order valence-corrected chi connectivity index (χ2v) is 0.492. The summed E-state index contributed by atoms with van der Waals surface area (Å²) in [6.07, 6.45) is 0. The van der Waals surface area contributed by atoms with E-state index in [1.54, 1.807) is 0 Å². The molecule has 0 aromatic carbocycles. The Hall–Kier alpha value is 1.33. The fourth-order valence-corrected chi connectivity index (χ4v) is 0. The third-order valence-electron chi connectivity index (χ3n) is 0. The molecular formula is C2H3BaClO2. The number of carbonyl (C=O) groups excluding carboxylic acids is 1. The minimum absolute atomic E-state index is 0.